The fraction of sp³-hybridized carbons (Fsp3) is 0.429. The quantitative estimate of drug-likeness (QED) is 0.297. The van der Waals surface area contributed by atoms with Crippen LogP contribution in [-0.4, -0.2) is 66.5 Å². The van der Waals surface area contributed by atoms with Crippen LogP contribution < -0.4 is 15.4 Å². The normalized spacial score (nSPS) is 17.5. The summed E-state index contributed by atoms with van der Waals surface area (Å²) in [6, 6.07) is 1.98. The lowest BCUT2D eigenvalue weighted by atomic mass is 10.0. The van der Waals surface area contributed by atoms with Crippen LogP contribution in [0.1, 0.15) is 47.3 Å². The van der Waals surface area contributed by atoms with Crippen LogP contribution in [0.4, 0.5) is 4.79 Å². The molecule has 1 unspecified atom stereocenters. The Bertz CT molecular complexity index is 1130. The van der Waals surface area contributed by atoms with E-state index in [0.29, 0.717) is 42.9 Å². The number of hydrogen-bond acceptors (Lipinski definition) is 8. The number of carboxylic acid groups (broad SMARTS) is 1. The van der Waals surface area contributed by atoms with Crippen molar-refractivity contribution in [3.63, 3.8) is 0 Å². The first-order valence-corrected chi connectivity index (χ1v) is 10.8. The van der Waals surface area contributed by atoms with Crippen LogP contribution in [0.3, 0.4) is 0 Å². The maximum absolute atomic E-state index is 12.9. The molecular weight excluding hydrogens is 448 g/mol. The summed E-state index contributed by atoms with van der Waals surface area (Å²) >= 11 is 0. The van der Waals surface area contributed by atoms with Crippen molar-refractivity contribution >= 4 is 23.8 Å². The molecule has 0 bridgehead atoms. The molecule has 180 valence electrons. The first kappa shape index (κ1) is 23.0. The second-order valence-corrected chi connectivity index (χ2v) is 8.07. The van der Waals surface area contributed by atoms with Crippen molar-refractivity contribution in [2.45, 2.75) is 51.4 Å². The molecule has 1 aromatic carbocycles. The van der Waals surface area contributed by atoms with Crippen LogP contribution in [0.2, 0.25) is 0 Å². The summed E-state index contributed by atoms with van der Waals surface area (Å²) in [6.07, 6.45) is 2.40. The van der Waals surface area contributed by atoms with Crippen molar-refractivity contribution in [1.29, 1.82) is 0 Å². The van der Waals surface area contributed by atoms with Gasteiger partial charge in [-0.3, -0.25) is 24.4 Å². The SMILES string of the molecule is O=C(O)NCCCCn1cc(COc2cc(O)cc3c2CN(C2CCC(=O)NC2=O)C3=O)nn1. The molecule has 2 aliphatic heterocycles. The van der Waals surface area contributed by atoms with E-state index in [4.69, 9.17) is 9.84 Å². The molecule has 4 amide bonds. The maximum Gasteiger partial charge on any atom is 0.404 e. The van der Waals surface area contributed by atoms with Crippen molar-refractivity contribution in [3.8, 4) is 11.5 Å². The Morgan fingerprint density at radius 2 is 2.09 bits per heavy atom. The van der Waals surface area contributed by atoms with Gasteiger partial charge in [0.2, 0.25) is 11.8 Å². The summed E-state index contributed by atoms with van der Waals surface area (Å²) in [6.45, 7) is 1.08. The third kappa shape index (κ3) is 5.08. The van der Waals surface area contributed by atoms with Crippen LogP contribution in [0.5, 0.6) is 11.5 Å². The van der Waals surface area contributed by atoms with E-state index in [1.54, 1.807) is 10.9 Å². The van der Waals surface area contributed by atoms with Crippen molar-refractivity contribution in [2.24, 2.45) is 0 Å². The number of hydrogen-bond donors (Lipinski definition) is 4. The number of amides is 4. The van der Waals surface area contributed by atoms with E-state index in [-0.39, 0.29) is 43.2 Å². The average molecular weight is 472 g/mol. The second kappa shape index (κ2) is 9.77. The standard InChI is InChI=1S/C21H24N6O7/c28-13-7-14-15(10-27(20(14)31)16-3-4-18(29)23-19(16)30)17(8-13)34-11-12-9-26(25-24-12)6-2-1-5-22-21(32)33/h7-9,16,22,28H,1-6,10-11H2,(H,32,33)(H,23,29,30). The van der Waals surface area contributed by atoms with Crippen molar-refractivity contribution in [2.75, 3.05) is 6.54 Å². The van der Waals surface area contributed by atoms with E-state index in [9.17, 15) is 24.3 Å². The van der Waals surface area contributed by atoms with Gasteiger partial charge in [0.15, 0.2) is 0 Å². The van der Waals surface area contributed by atoms with Crippen molar-refractivity contribution < 1.29 is 34.1 Å². The summed E-state index contributed by atoms with van der Waals surface area (Å²) in [5.74, 6) is -1.14. The Labute approximate surface area is 193 Å². The van der Waals surface area contributed by atoms with Gasteiger partial charge in [-0.2, -0.15) is 0 Å². The first-order chi connectivity index (χ1) is 16.3. The Hall–Kier alpha value is -4.16. The van der Waals surface area contributed by atoms with Gasteiger partial charge in [0.1, 0.15) is 29.8 Å². The van der Waals surface area contributed by atoms with Crippen molar-refractivity contribution in [3.05, 3.63) is 35.2 Å². The largest absolute Gasteiger partial charge is 0.508 e. The van der Waals surface area contributed by atoms with E-state index in [1.165, 1.54) is 17.0 Å². The van der Waals surface area contributed by atoms with Gasteiger partial charge in [-0.25, -0.2) is 4.79 Å². The number of nitrogens with one attached hydrogen (secondary N) is 2. The molecule has 0 spiro atoms. The molecule has 1 atom stereocenters. The van der Waals surface area contributed by atoms with E-state index >= 15 is 0 Å². The van der Waals surface area contributed by atoms with Gasteiger partial charge >= 0.3 is 6.09 Å². The number of carbonyl (C=O) groups excluding carboxylic acids is 3. The number of phenolic OH excluding ortho intramolecular Hbond substituents is 1. The summed E-state index contributed by atoms with van der Waals surface area (Å²) in [4.78, 5) is 48.4. The Balaban J connectivity index is 1.38. The highest BCUT2D eigenvalue weighted by molar-refractivity contribution is 6.05. The molecule has 0 radical (unpaired) electrons. The monoisotopic (exact) mass is 472 g/mol. The van der Waals surface area contributed by atoms with Gasteiger partial charge in [-0.1, -0.05) is 5.21 Å². The van der Waals surface area contributed by atoms with Gasteiger partial charge < -0.3 is 25.2 Å². The number of rotatable bonds is 9. The molecule has 3 heterocycles. The number of aryl methyl sites for hydroxylation is 1. The zero-order valence-corrected chi connectivity index (χ0v) is 18.2. The second-order valence-electron chi connectivity index (χ2n) is 8.07. The van der Waals surface area contributed by atoms with Crippen LogP contribution in [0.15, 0.2) is 18.3 Å². The summed E-state index contributed by atoms with van der Waals surface area (Å²) in [5.41, 5.74) is 1.33. The Kier molecular flexibility index (Phi) is 6.61. The molecule has 1 saturated heterocycles. The molecular formula is C21H24N6O7. The summed E-state index contributed by atoms with van der Waals surface area (Å²) < 4.78 is 7.47. The minimum absolute atomic E-state index is 0.0447. The molecule has 0 aliphatic carbocycles. The minimum Gasteiger partial charge on any atom is -0.508 e. The number of nitrogens with zero attached hydrogens (tertiary/aromatic N) is 4. The number of phenols is 1. The lowest BCUT2D eigenvalue weighted by molar-refractivity contribution is -0.136. The summed E-state index contributed by atoms with van der Waals surface area (Å²) in [7, 11) is 0. The number of aromatic hydroxyl groups is 1. The highest BCUT2D eigenvalue weighted by Crippen LogP contribution is 2.37. The molecule has 2 aromatic rings. The van der Waals surface area contributed by atoms with Gasteiger partial charge in [0, 0.05) is 31.1 Å². The molecule has 13 heteroatoms. The topological polar surface area (TPSA) is 176 Å². The zero-order valence-electron chi connectivity index (χ0n) is 18.2. The van der Waals surface area contributed by atoms with Crippen LogP contribution >= 0.6 is 0 Å². The molecule has 4 N–H and O–H groups in total. The van der Waals surface area contributed by atoms with Gasteiger partial charge in [-0.15, -0.1) is 5.10 Å². The van der Waals surface area contributed by atoms with E-state index in [0.717, 1.165) is 0 Å². The molecule has 4 rings (SSSR count). The molecule has 0 saturated carbocycles. The highest BCUT2D eigenvalue weighted by Gasteiger charge is 2.40. The van der Waals surface area contributed by atoms with Gasteiger partial charge in [0.05, 0.1) is 18.3 Å². The molecule has 1 fully saturated rings. The number of unbranched alkanes of at least 4 members (excludes halogenated alkanes) is 1. The number of ether oxygens (including phenoxy) is 1. The predicted octanol–water partition coefficient (Wildman–Crippen LogP) is 0.372. The fourth-order valence-corrected chi connectivity index (χ4v) is 4.00. The van der Waals surface area contributed by atoms with Gasteiger partial charge in [-0.05, 0) is 25.3 Å². The smallest absolute Gasteiger partial charge is 0.404 e. The molecule has 1 aromatic heterocycles. The van der Waals surface area contributed by atoms with Gasteiger partial charge in [0.25, 0.3) is 5.91 Å². The van der Waals surface area contributed by atoms with Crippen LogP contribution in [0.25, 0.3) is 0 Å². The minimum atomic E-state index is -1.06. The lowest BCUT2D eigenvalue weighted by Crippen LogP contribution is -2.52. The summed E-state index contributed by atoms with van der Waals surface area (Å²) in [5, 5.41) is 31.3. The third-order valence-corrected chi connectivity index (χ3v) is 5.65. The number of carbonyl (C=O) groups is 4. The maximum atomic E-state index is 12.9. The van der Waals surface area contributed by atoms with Crippen LogP contribution in [0, 0.1) is 0 Å². The molecule has 34 heavy (non-hydrogen) atoms. The number of imide groups is 1. The molecule has 2 aliphatic rings. The van der Waals surface area contributed by atoms with Crippen LogP contribution in [-0.2, 0) is 29.3 Å². The highest BCUT2D eigenvalue weighted by atomic mass is 16.5. The number of fused-ring (bicyclic) bond motifs is 1. The van der Waals surface area contributed by atoms with Crippen molar-refractivity contribution in [1.82, 2.24) is 30.5 Å². The number of piperidine rings is 1. The van der Waals surface area contributed by atoms with E-state index in [2.05, 4.69) is 20.9 Å². The fourth-order valence-electron chi connectivity index (χ4n) is 4.00. The Morgan fingerprint density at radius 3 is 2.85 bits per heavy atom. The van der Waals surface area contributed by atoms with E-state index < -0.39 is 23.9 Å². The predicted molar refractivity (Wildman–Crippen MR) is 114 cm³/mol. The Morgan fingerprint density at radius 1 is 1.26 bits per heavy atom. The first-order valence-electron chi connectivity index (χ1n) is 10.8. The lowest BCUT2D eigenvalue weighted by Gasteiger charge is -2.29. The third-order valence-electron chi connectivity index (χ3n) is 5.65. The number of aromatic nitrogens is 3. The zero-order chi connectivity index (χ0) is 24.2. The van der Waals surface area contributed by atoms with E-state index in [1.807, 2.05) is 0 Å². The number of benzene rings is 1. The molecule has 13 nitrogen and oxygen atoms in total. The average Bonchev–Trinajstić information content (AvgIpc) is 3.36.